The first-order valence-corrected chi connectivity index (χ1v) is 6.65. The van der Waals surface area contributed by atoms with E-state index in [1.54, 1.807) is 0 Å². The zero-order valence-corrected chi connectivity index (χ0v) is 11.6. The Bertz CT molecular complexity index is 149. The number of carbonyl (C=O) groups is 1. The van der Waals surface area contributed by atoms with Gasteiger partial charge in [0, 0.05) is 17.0 Å². The van der Waals surface area contributed by atoms with Crippen LogP contribution in [0.15, 0.2) is 0 Å². The average Bonchev–Trinajstić information content (AvgIpc) is 2.49. The molecule has 1 fully saturated rings. The van der Waals surface area contributed by atoms with Gasteiger partial charge in [0.1, 0.15) is 0 Å². The van der Waals surface area contributed by atoms with E-state index < -0.39 is 5.97 Å². The molecule has 1 aliphatic rings. The van der Waals surface area contributed by atoms with E-state index in [0.29, 0.717) is 0 Å². The van der Waals surface area contributed by atoms with Gasteiger partial charge in [-0.05, 0) is 25.7 Å². The summed E-state index contributed by atoms with van der Waals surface area (Å²) in [7, 11) is 3.89. The third kappa shape index (κ3) is 7.14. The van der Waals surface area contributed by atoms with Crippen LogP contribution in [0, 0.1) is 0 Å². The Morgan fingerprint density at radius 3 is 2.77 bits per heavy atom. The molecule has 0 amide bonds. The summed E-state index contributed by atoms with van der Waals surface area (Å²) in [5.41, 5.74) is 0. The van der Waals surface area contributed by atoms with E-state index in [9.17, 15) is 9.90 Å². The maximum Gasteiger partial charge on any atom is 1.00 e. The molecule has 13 heavy (non-hydrogen) atoms. The molecule has 5 heteroatoms. The fourth-order valence-corrected chi connectivity index (χ4v) is 4.23. The van der Waals surface area contributed by atoms with Crippen LogP contribution >= 0.6 is 21.6 Å². The molecule has 1 heterocycles. The zero-order chi connectivity index (χ0) is 8.81. The number of unbranched alkanes of at least 4 members (excludes halogenated alkanes) is 1. The second-order valence-corrected chi connectivity index (χ2v) is 5.73. The second-order valence-electron chi connectivity index (χ2n) is 2.95. The van der Waals surface area contributed by atoms with Crippen molar-refractivity contribution in [3.63, 3.8) is 0 Å². The Hall–Kier alpha value is 1.17. The molecule has 1 aliphatic heterocycles. The first-order valence-electron chi connectivity index (χ1n) is 4.27. The largest absolute Gasteiger partial charge is 1.00 e. The van der Waals surface area contributed by atoms with Crippen LogP contribution in [-0.2, 0) is 4.79 Å². The van der Waals surface area contributed by atoms with Gasteiger partial charge in [-0.2, -0.15) is 0 Å². The van der Waals surface area contributed by atoms with Gasteiger partial charge >= 0.3 is 29.6 Å². The third-order valence-corrected chi connectivity index (χ3v) is 4.89. The van der Waals surface area contributed by atoms with Gasteiger partial charge in [-0.1, -0.05) is 28.0 Å². The van der Waals surface area contributed by atoms with E-state index in [1.807, 2.05) is 21.6 Å². The van der Waals surface area contributed by atoms with Crippen molar-refractivity contribution in [2.45, 2.75) is 37.4 Å². The van der Waals surface area contributed by atoms with Crippen molar-refractivity contribution in [3.8, 4) is 0 Å². The van der Waals surface area contributed by atoms with Crippen LogP contribution in [0.2, 0.25) is 0 Å². The molecule has 0 radical (unpaired) electrons. The van der Waals surface area contributed by atoms with Gasteiger partial charge in [-0.15, -0.1) is 0 Å². The molecular formula is C8H13NaO2S2. The molecule has 2 nitrogen and oxygen atoms in total. The smallest absolute Gasteiger partial charge is 0.550 e. The number of carboxylic acid groups (broad SMARTS) is 1. The quantitative estimate of drug-likeness (QED) is 0.325. The van der Waals surface area contributed by atoms with E-state index >= 15 is 0 Å². The number of carboxylic acids is 1. The van der Waals surface area contributed by atoms with Crippen LogP contribution in [0.4, 0.5) is 0 Å². The first-order chi connectivity index (χ1) is 5.79. The summed E-state index contributed by atoms with van der Waals surface area (Å²) in [5, 5.41) is 10.8. The van der Waals surface area contributed by atoms with Gasteiger partial charge in [-0.25, -0.2) is 0 Å². The van der Waals surface area contributed by atoms with Crippen molar-refractivity contribution < 1.29 is 39.5 Å². The van der Waals surface area contributed by atoms with Crippen molar-refractivity contribution in [2.75, 3.05) is 5.75 Å². The number of hydrogen-bond donors (Lipinski definition) is 0. The minimum absolute atomic E-state index is 0. The van der Waals surface area contributed by atoms with Gasteiger partial charge in [-0.3, -0.25) is 0 Å². The van der Waals surface area contributed by atoms with E-state index in [2.05, 4.69) is 0 Å². The van der Waals surface area contributed by atoms with Crippen molar-refractivity contribution in [3.05, 3.63) is 0 Å². The number of hydrogen-bond acceptors (Lipinski definition) is 4. The molecule has 0 bridgehead atoms. The molecule has 0 saturated carbocycles. The molecular weight excluding hydrogens is 215 g/mol. The molecule has 0 spiro atoms. The Morgan fingerprint density at radius 1 is 1.46 bits per heavy atom. The van der Waals surface area contributed by atoms with Crippen molar-refractivity contribution in [2.24, 2.45) is 0 Å². The van der Waals surface area contributed by atoms with Crippen LogP contribution in [0.25, 0.3) is 0 Å². The van der Waals surface area contributed by atoms with Gasteiger partial charge in [0.25, 0.3) is 0 Å². The normalized spacial score (nSPS) is 21.1. The van der Waals surface area contributed by atoms with Gasteiger partial charge in [0.15, 0.2) is 0 Å². The SMILES string of the molecule is O=C([O-])CCCCC1CCSS1.[Na+]. The predicted octanol–water partition coefficient (Wildman–Crippen LogP) is -1.55. The maximum absolute atomic E-state index is 10.1. The molecule has 0 aromatic rings. The van der Waals surface area contributed by atoms with Crippen molar-refractivity contribution >= 4 is 27.6 Å². The summed E-state index contributed by atoms with van der Waals surface area (Å²) in [5.74, 6) is 0.346. The zero-order valence-electron chi connectivity index (χ0n) is 7.95. The molecule has 1 saturated heterocycles. The van der Waals surface area contributed by atoms with E-state index in [0.717, 1.165) is 18.1 Å². The van der Waals surface area contributed by atoms with E-state index in [-0.39, 0.29) is 36.0 Å². The van der Waals surface area contributed by atoms with Crippen LogP contribution in [-0.4, -0.2) is 17.0 Å². The predicted molar refractivity (Wildman–Crippen MR) is 51.9 cm³/mol. The standard InChI is InChI=1S/C8H14O2S2.Na/c9-8(10)4-2-1-3-7-5-6-11-12-7;/h7H,1-6H2,(H,9,10);/q;+1/p-1. The first kappa shape index (κ1) is 14.2. The summed E-state index contributed by atoms with van der Waals surface area (Å²) in [6, 6.07) is 0. The summed E-state index contributed by atoms with van der Waals surface area (Å²) >= 11 is 0. The minimum atomic E-state index is -0.913. The molecule has 1 rings (SSSR count). The Balaban J connectivity index is 0.00000144. The fourth-order valence-electron chi connectivity index (χ4n) is 1.21. The van der Waals surface area contributed by atoms with Crippen molar-refractivity contribution in [1.82, 2.24) is 0 Å². The number of aliphatic carboxylic acids is 1. The monoisotopic (exact) mass is 228 g/mol. The van der Waals surface area contributed by atoms with Crippen LogP contribution in [0.5, 0.6) is 0 Å². The van der Waals surface area contributed by atoms with Crippen LogP contribution in [0.1, 0.15) is 32.1 Å². The Labute approximate surface area is 109 Å². The van der Waals surface area contributed by atoms with Crippen LogP contribution < -0.4 is 34.7 Å². The molecule has 0 aromatic carbocycles. The summed E-state index contributed by atoms with van der Waals surface area (Å²) in [6.07, 6.45) is 4.51. The molecule has 0 aromatic heterocycles. The summed E-state index contributed by atoms with van der Waals surface area (Å²) < 4.78 is 0. The topological polar surface area (TPSA) is 40.1 Å². The van der Waals surface area contributed by atoms with Gasteiger partial charge < -0.3 is 9.90 Å². The van der Waals surface area contributed by atoms with Gasteiger partial charge in [0.05, 0.1) is 0 Å². The maximum atomic E-state index is 10.1. The van der Waals surface area contributed by atoms with E-state index in [4.69, 9.17) is 0 Å². The molecule has 70 valence electrons. The summed E-state index contributed by atoms with van der Waals surface area (Å²) in [4.78, 5) is 10.1. The number of carbonyl (C=O) groups excluding carboxylic acids is 1. The molecule has 0 N–H and O–H groups in total. The van der Waals surface area contributed by atoms with Gasteiger partial charge in [0.2, 0.25) is 0 Å². The van der Waals surface area contributed by atoms with Crippen molar-refractivity contribution in [1.29, 1.82) is 0 Å². The molecule has 1 atom stereocenters. The average molecular weight is 228 g/mol. The fraction of sp³-hybridized carbons (Fsp3) is 0.875. The Morgan fingerprint density at radius 2 is 2.23 bits per heavy atom. The molecule has 1 unspecified atom stereocenters. The molecule has 0 aliphatic carbocycles. The Kier molecular flexibility index (Phi) is 9.24. The number of rotatable bonds is 5. The summed E-state index contributed by atoms with van der Waals surface area (Å²) in [6.45, 7) is 0. The van der Waals surface area contributed by atoms with E-state index in [1.165, 1.54) is 18.6 Å². The minimum Gasteiger partial charge on any atom is -0.550 e. The second kappa shape index (κ2) is 8.48. The van der Waals surface area contributed by atoms with Crippen LogP contribution in [0.3, 0.4) is 0 Å². The third-order valence-electron chi connectivity index (χ3n) is 1.88.